The van der Waals surface area contributed by atoms with E-state index < -0.39 is 5.60 Å². The van der Waals surface area contributed by atoms with Crippen LogP contribution < -0.4 is 4.90 Å². The normalized spacial score (nSPS) is 14.4. The molecule has 0 aliphatic carbocycles. The van der Waals surface area contributed by atoms with Crippen LogP contribution in [0.1, 0.15) is 20.8 Å². The number of aromatic nitrogens is 1. The zero-order valence-corrected chi connectivity index (χ0v) is 18.4. The second kappa shape index (κ2) is 8.80. The third-order valence-electron chi connectivity index (χ3n) is 5.29. The molecule has 0 bridgehead atoms. The van der Waals surface area contributed by atoms with Gasteiger partial charge in [-0.1, -0.05) is 60.7 Å². The SMILES string of the molecule is CC(C)(C)OC(=O)N1CCN(c2ncc(-c3ccccc3)cc2-c2ccccc2)CC1. The molecule has 2 heterocycles. The number of hydrogen-bond donors (Lipinski definition) is 0. The van der Waals surface area contributed by atoms with E-state index in [1.54, 1.807) is 4.90 Å². The maximum atomic E-state index is 12.4. The van der Waals surface area contributed by atoms with Crippen LogP contribution in [0.4, 0.5) is 10.6 Å². The van der Waals surface area contributed by atoms with Gasteiger partial charge in [0.15, 0.2) is 0 Å². The number of amides is 1. The van der Waals surface area contributed by atoms with Gasteiger partial charge in [0.25, 0.3) is 0 Å². The maximum Gasteiger partial charge on any atom is 0.410 e. The number of anilines is 1. The van der Waals surface area contributed by atoms with E-state index in [2.05, 4.69) is 47.4 Å². The fraction of sp³-hybridized carbons (Fsp3) is 0.308. The number of ether oxygens (including phenoxy) is 1. The number of piperazine rings is 1. The van der Waals surface area contributed by atoms with Gasteiger partial charge in [0.05, 0.1) is 0 Å². The van der Waals surface area contributed by atoms with Crippen LogP contribution >= 0.6 is 0 Å². The van der Waals surface area contributed by atoms with Gasteiger partial charge in [-0.25, -0.2) is 9.78 Å². The van der Waals surface area contributed by atoms with Gasteiger partial charge in [0.2, 0.25) is 0 Å². The first kappa shape index (κ1) is 20.9. The minimum absolute atomic E-state index is 0.247. The molecule has 0 radical (unpaired) electrons. The highest BCUT2D eigenvalue weighted by atomic mass is 16.6. The van der Waals surface area contributed by atoms with Gasteiger partial charge in [-0.05, 0) is 38.0 Å². The van der Waals surface area contributed by atoms with E-state index in [0.29, 0.717) is 13.1 Å². The number of carbonyl (C=O) groups is 1. The van der Waals surface area contributed by atoms with Crippen molar-refractivity contribution in [3.05, 3.63) is 72.9 Å². The standard InChI is InChI=1S/C26H29N3O2/c1-26(2,3)31-25(30)29-16-14-28(15-17-29)24-23(21-12-8-5-9-13-21)18-22(19-27-24)20-10-6-4-7-11-20/h4-13,18-19H,14-17H2,1-3H3. The summed E-state index contributed by atoms with van der Waals surface area (Å²) in [6, 6.07) is 22.9. The van der Waals surface area contributed by atoms with Crippen LogP contribution in [0.15, 0.2) is 72.9 Å². The van der Waals surface area contributed by atoms with Gasteiger partial charge in [-0.3, -0.25) is 0 Å². The Morgan fingerprint density at radius 1 is 0.839 bits per heavy atom. The lowest BCUT2D eigenvalue weighted by molar-refractivity contribution is 0.0240. The summed E-state index contributed by atoms with van der Waals surface area (Å²) in [6.07, 6.45) is 1.69. The molecule has 0 atom stereocenters. The molecule has 3 aromatic rings. The zero-order valence-electron chi connectivity index (χ0n) is 18.4. The smallest absolute Gasteiger partial charge is 0.410 e. The summed E-state index contributed by atoms with van der Waals surface area (Å²) in [5, 5.41) is 0. The van der Waals surface area contributed by atoms with E-state index in [1.165, 1.54) is 0 Å². The Bertz CT molecular complexity index is 1020. The second-order valence-corrected chi connectivity index (χ2v) is 8.78. The number of hydrogen-bond acceptors (Lipinski definition) is 4. The van der Waals surface area contributed by atoms with Gasteiger partial charge in [-0.2, -0.15) is 0 Å². The number of rotatable bonds is 3. The maximum absolute atomic E-state index is 12.4. The summed E-state index contributed by atoms with van der Waals surface area (Å²) >= 11 is 0. The summed E-state index contributed by atoms with van der Waals surface area (Å²) in [4.78, 5) is 21.3. The van der Waals surface area contributed by atoms with Crippen molar-refractivity contribution >= 4 is 11.9 Å². The largest absolute Gasteiger partial charge is 0.444 e. The van der Waals surface area contributed by atoms with E-state index in [9.17, 15) is 4.79 Å². The fourth-order valence-electron chi connectivity index (χ4n) is 3.76. The Labute approximate surface area is 184 Å². The predicted molar refractivity (Wildman–Crippen MR) is 125 cm³/mol. The van der Waals surface area contributed by atoms with E-state index in [1.807, 2.05) is 51.2 Å². The molecule has 5 nitrogen and oxygen atoms in total. The van der Waals surface area contributed by atoms with Crippen LogP contribution in [-0.2, 0) is 4.74 Å². The lowest BCUT2D eigenvalue weighted by Gasteiger charge is -2.37. The van der Waals surface area contributed by atoms with Crippen molar-refractivity contribution in [1.29, 1.82) is 0 Å². The van der Waals surface area contributed by atoms with Crippen molar-refractivity contribution in [2.24, 2.45) is 0 Å². The quantitative estimate of drug-likeness (QED) is 0.569. The van der Waals surface area contributed by atoms with Crippen LogP contribution in [-0.4, -0.2) is 47.8 Å². The Hall–Kier alpha value is -3.34. The minimum Gasteiger partial charge on any atom is -0.444 e. The highest BCUT2D eigenvalue weighted by Crippen LogP contribution is 2.33. The molecule has 1 saturated heterocycles. The highest BCUT2D eigenvalue weighted by Gasteiger charge is 2.27. The molecule has 0 saturated carbocycles. The lowest BCUT2D eigenvalue weighted by atomic mass is 10.0. The molecule has 0 spiro atoms. The van der Waals surface area contributed by atoms with Crippen molar-refractivity contribution in [3.8, 4) is 22.3 Å². The first-order valence-electron chi connectivity index (χ1n) is 10.7. The van der Waals surface area contributed by atoms with Crippen molar-refractivity contribution in [2.75, 3.05) is 31.1 Å². The zero-order chi connectivity index (χ0) is 21.8. The molecule has 0 N–H and O–H groups in total. The van der Waals surface area contributed by atoms with E-state index >= 15 is 0 Å². The summed E-state index contributed by atoms with van der Waals surface area (Å²) in [7, 11) is 0. The Morgan fingerprint density at radius 3 is 2.00 bits per heavy atom. The molecule has 1 aromatic heterocycles. The third kappa shape index (κ3) is 5.05. The minimum atomic E-state index is -0.483. The molecule has 1 aliphatic rings. The average Bonchev–Trinajstić information content (AvgIpc) is 2.79. The summed E-state index contributed by atoms with van der Waals surface area (Å²) in [5.41, 5.74) is 4.00. The second-order valence-electron chi connectivity index (χ2n) is 8.78. The topological polar surface area (TPSA) is 45.7 Å². The molecule has 1 aliphatic heterocycles. The first-order valence-corrected chi connectivity index (χ1v) is 10.7. The van der Waals surface area contributed by atoms with Crippen LogP contribution in [0.3, 0.4) is 0 Å². The molecule has 5 heteroatoms. The molecule has 0 unspecified atom stereocenters. The predicted octanol–water partition coefficient (Wildman–Crippen LogP) is 5.47. The molecule has 4 rings (SSSR count). The van der Waals surface area contributed by atoms with Gasteiger partial charge in [0, 0.05) is 43.5 Å². The highest BCUT2D eigenvalue weighted by molar-refractivity contribution is 5.81. The van der Waals surface area contributed by atoms with Gasteiger partial charge < -0.3 is 14.5 Å². The molecule has 160 valence electrons. The third-order valence-corrected chi connectivity index (χ3v) is 5.29. The van der Waals surface area contributed by atoms with Crippen LogP contribution in [0.2, 0.25) is 0 Å². The van der Waals surface area contributed by atoms with Gasteiger partial charge in [-0.15, -0.1) is 0 Å². The Morgan fingerprint density at radius 2 is 1.42 bits per heavy atom. The first-order chi connectivity index (χ1) is 14.9. The van der Waals surface area contributed by atoms with Crippen LogP contribution in [0.25, 0.3) is 22.3 Å². The monoisotopic (exact) mass is 415 g/mol. The van der Waals surface area contributed by atoms with Crippen LogP contribution in [0.5, 0.6) is 0 Å². The number of pyridine rings is 1. The summed E-state index contributed by atoms with van der Waals surface area (Å²) < 4.78 is 5.53. The summed E-state index contributed by atoms with van der Waals surface area (Å²) in [5.74, 6) is 0.953. The number of benzene rings is 2. The van der Waals surface area contributed by atoms with Gasteiger partial charge >= 0.3 is 6.09 Å². The van der Waals surface area contributed by atoms with Crippen molar-refractivity contribution in [3.63, 3.8) is 0 Å². The molecule has 2 aromatic carbocycles. The molecule has 1 fully saturated rings. The Kier molecular flexibility index (Phi) is 5.94. The van der Waals surface area contributed by atoms with Crippen molar-refractivity contribution in [2.45, 2.75) is 26.4 Å². The van der Waals surface area contributed by atoms with E-state index in [0.717, 1.165) is 41.2 Å². The summed E-state index contributed by atoms with van der Waals surface area (Å²) in [6.45, 7) is 8.35. The number of nitrogens with zero attached hydrogens (tertiary/aromatic N) is 3. The lowest BCUT2D eigenvalue weighted by Crippen LogP contribution is -2.50. The molecule has 1 amide bonds. The Balaban J connectivity index is 1.59. The van der Waals surface area contributed by atoms with Crippen molar-refractivity contribution in [1.82, 2.24) is 9.88 Å². The fourth-order valence-corrected chi connectivity index (χ4v) is 3.76. The van der Waals surface area contributed by atoms with Crippen molar-refractivity contribution < 1.29 is 9.53 Å². The van der Waals surface area contributed by atoms with Crippen LogP contribution in [0, 0.1) is 0 Å². The van der Waals surface area contributed by atoms with Gasteiger partial charge in [0.1, 0.15) is 11.4 Å². The number of carbonyl (C=O) groups excluding carboxylic acids is 1. The van der Waals surface area contributed by atoms with E-state index in [-0.39, 0.29) is 6.09 Å². The van der Waals surface area contributed by atoms with E-state index in [4.69, 9.17) is 9.72 Å². The molecular formula is C26H29N3O2. The molecule has 31 heavy (non-hydrogen) atoms. The molecular weight excluding hydrogens is 386 g/mol. The average molecular weight is 416 g/mol.